The minimum absolute atomic E-state index is 0.202. The lowest BCUT2D eigenvalue weighted by Crippen LogP contribution is -2.31. The minimum atomic E-state index is -0.202. The van der Waals surface area contributed by atoms with Gasteiger partial charge in [0.2, 0.25) is 0 Å². The second-order valence-electron chi connectivity index (χ2n) is 6.47. The van der Waals surface area contributed by atoms with Gasteiger partial charge in [-0.3, -0.25) is 0 Å². The molecule has 0 bridgehead atoms. The fourth-order valence-electron chi connectivity index (χ4n) is 2.85. The van der Waals surface area contributed by atoms with Crippen molar-refractivity contribution >= 4 is 22.8 Å². The molecule has 0 aliphatic carbocycles. The van der Waals surface area contributed by atoms with Gasteiger partial charge in [-0.15, -0.1) is 0 Å². The van der Waals surface area contributed by atoms with Crippen LogP contribution in [0.15, 0.2) is 54.6 Å². The Bertz CT molecular complexity index is 857. The first kappa shape index (κ1) is 17.9. The monoisotopic (exact) mass is 351 g/mol. The summed E-state index contributed by atoms with van der Waals surface area (Å²) >= 11 is 0. The van der Waals surface area contributed by atoms with Gasteiger partial charge in [0.05, 0.1) is 11.0 Å². The molecular formula is C20H25N5O. The van der Waals surface area contributed by atoms with Crippen molar-refractivity contribution in [2.45, 2.75) is 13.0 Å². The van der Waals surface area contributed by atoms with Crippen molar-refractivity contribution in [3.05, 3.63) is 60.4 Å². The summed E-state index contributed by atoms with van der Waals surface area (Å²) in [7, 11) is 4.13. The molecule has 0 spiro atoms. The van der Waals surface area contributed by atoms with Gasteiger partial charge in [0, 0.05) is 31.7 Å². The van der Waals surface area contributed by atoms with E-state index in [1.54, 1.807) is 0 Å². The van der Waals surface area contributed by atoms with E-state index in [0.29, 0.717) is 13.0 Å². The van der Waals surface area contributed by atoms with Crippen molar-refractivity contribution in [2.24, 2.45) is 0 Å². The number of hydrogen-bond donors (Lipinski definition) is 2. The van der Waals surface area contributed by atoms with Crippen LogP contribution in [0.25, 0.3) is 11.0 Å². The van der Waals surface area contributed by atoms with E-state index in [1.807, 2.05) is 48.5 Å². The van der Waals surface area contributed by atoms with E-state index in [9.17, 15) is 4.79 Å². The molecule has 6 nitrogen and oxygen atoms in total. The number of urea groups is 1. The molecule has 3 rings (SSSR count). The molecule has 2 N–H and O–H groups in total. The van der Waals surface area contributed by atoms with Crippen LogP contribution in [0.1, 0.15) is 5.82 Å². The Morgan fingerprint density at radius 2 is 1.81 bits per heavy atom. The number of likely N-dealkylation sites (N-methyl/N-ethyl adjacent to an activating group) is 1. The molecule has 0 saturated carbocycles. The molecule has 3 aromatic rings. The molecule has 2 aromatic carbocycles. The highest BCUT2D eigenvalue weighted by atomic mass is 16.2. The highest BCUT2D eigenvalue weighted by Gasteiger charge is 2.11. The van der Waals surface area contributed by atoms with Crippen LogP contribution in [-0.2, 0) is 13.0 Å². The van der Waals surface area contributed by atoms with Gasteiger partial charge in [0.1, 0.15) is 5.82 Å². The van der Waals surface area contributed by atoms with Gasteiger partial charge in [0.15, 0.2) is 0 Å². The number of benzene rings is 2. The Balaban J connectivity index is 1.62. The van der Waals surface area contributed by atoms with Gasteiger partial charge >= 0.3 is 6.03 Å². The molecule has 6 heteroatoms. The quantitative estimate of drug-likeness (QED) is 0.688. The van der Waals surface area contributed by atoms with Crippen molar-refractivity contribution in [1.29, 1.82) is 0 Å². The highest BCUT2D eigenvalue weighted by molar-refractivity contribution is 5.89. The maximum atomic E-state index is 12.0. The van der Waals surface area contributed by atoms with Crippen LogP contribution >= 0.6 is 0 Å². The number of imidazole rings is 1. The third kappa shape index (κ3) is 4.61. The number of amides is 2. The molecule has 0 fully saturated rings. The Morgan fingerprint density at radius 1 is 1.08 bits per heavy atom. The third-order valence-corrected chi connectivity index (χ3v) is 4.17. The molecule has 0 atom stereocenters. The largest absolute Gasteiger partial charge is 0.337 e. The van der Waals surface area contributed by atoms with E-state index in [1.165, 1.54) is 0 Å². The number of nitrogens with one attached hydrogen (secondary N) is 2. The average Bonchev–Trinajstić information content (AvgIpc) is 2.98. The first-order valence-electron chi connectivity index (χ1n) is 8.82. The second-order valence-corrected chi connectivity index (χ2v) is 6.47. The van der Waals surface area contributed by atoms with E-state index in [-0.39, 0.29) is 6.03 Å². The molecule has 1 heterocycles. The van der Waals surface area contributed by atoms with Crippen LogP contribution < -0.4 is 10.6 Å². The van der Waals surface area contributed by atoms with Gasteiger partial charge in [-0.2, -0.15) is 0 Å². The Kier molecular flexibility index (Phi) is 5.86. The van der Waals surface area contributed by atoms with E-state index in [4.69, 9.17) is 4.98 Å². The standard InChI is InChI=1S/C20H25N5O/c1-24(2)14-15-25-18-11-7-6-10-17(18)23-19(25)12-13-21-20(26)22-16-8-4-3-5-9-16/h3-11H,12-15H2,1-2H3,(H2,21,22,26). The fourth-order valence-corrected chi connectivity index (χ4v) is 2.85. The SMILES string of the molecule is CN(C)CCn1c(CCNC(=O)Nc2ccccc2)nc2ccccc21. The van der Waals surface area contributed by atoms with Gasteiger partial charge in [-0.1, -0.05) is 30.3 Å². The summed E-state index contributed by atoms with van der Waals surface area (Å²) in [6.07, 6.45) is 0.685. The minimum Gasteiger partial charge on any atom is -0.337 e. The number of rotatable bonds is 7. The van der Waals surface area contributed by atoms with Crippen molar-refractivity contribution in [1.82, 2.24) is 19.8 Å². The second kappa shape index (κ2) is 8.49. The van der Waals surface area contributed by atoms with Crippen LogP contribution in [0.2, 0.25) is 0 Å². The summed E-state index contributed by atoms with van der Waals surface area (Å²) in [6.45, 7) is 2.35. The highest BCUT2D eigenvalue weighted by Crippen LogP contribution is 2.16. The first-order valence-corrected chi connectivity index (χ1v) is 8.82. The van der Waals surface area contributed by atoms with E-state index >= 15 is 0 Å². The predicted molar refractivity (Wildman–Crippen MR) is 105 cm³/mol. The number of fused-ring (bicyclic) bond motifs is 1. The summed E-state index contributed by atoms with van der Waals surface area (Å²) in [5.74, 6) is 0.994. The average molecular weight is 351 g/mol. The first-order chi connectivity index (χ1) is 12.6. The van der Waals surface area contributed by atoms with Crippen molar-refractivity contribution in [3.8, 4) is 0 Å². The Morgan fingerprint density at radius 3 is 2.58 bits per heavy atom. The summed E-state index contributed by atoms with van der Waals surface area (Å²) < 4.78 is 2.24. The lowest BCUT2D eigenvalue weighted by Gasteiger charge is -2.13. The topological polar surface area (TPSA) is 62.2 Å². The van der Waals surface area contributed by atoms with Crippen LogP contribution in [0.5, 0.6) is 0 Å². The van der Waals surface area contributed by atoms with E-state index < -0.39 is 0 Å². The summed E-state index contributed by atoms with van der Waals surface area (Å²) in [5.41, 5.74) is 2.91. The van der Waals surface area contributed by atoms with Gasteiger partial charge in [-0.25, -0.2) is 9.78 Å². The zero-order valence-corrected chi connectivity index (χ0v) is 15.3. The maximum Gasteiger partial charge on any atom is 0.319 e. The molecule has 0 aliphatic heterocycles. The van der Waals surface area contributed by atoms with E-state index in [2.05, 4.69) is 40.3 Å². The van der Waals surface area contributed by atoms with Crippen molar-refractivity contribution in [2.75, 3.05) is 32.5 Å². The molecule has 2 amide bonds. The molecule has 0 aliphatic rings. The number of nitrogens with zero attached hydrogens (tertiary/aromatic N) is 3. The van der Waals surface area contributed by atoms with Crippen LogP contribution in [0.3, 0.4) is 0 Å². The predicted octanol–water partition coefficient (Wildman–Crippen LogP) is 2.96. The molecule has 0 unspecified atom stereocenters. The smallest absolute Gasteiger partial charge is 0.319 e. The lowest BCUT2D eigenvalue weighted by atomic mass is 10.3. The molecule has 0 radical (unpaired) electrons. The lowest BCUT2D eigenvalue weighted by molar-refractivity contribution is 0.252. The number of hydrogen-bond acceptors (Lipinski definition) is 3. The van der Waals surface area contributed by atoms with Gasteiger partial charge < -0.3 is 20.1 Å². The third-order valence-electron chi connectivity index (χ3n) is 4.17. The molecule has 26 heavy (non-hydrogen) atoms. The zero-order valence-electron chi connectivity index (χ0n) is 15.3. The zero-order chi connectivity index (χ0) is 18.4. The molecular weight excluding hydrogens is 326 g/mol. The van der Waals surface area contributed by atoms with Gasteiger partial charge in [0.25, 0.3) is 0 Å². The van der Waals surface area contributed by atoms with Crippen LogP contribution in [0, 0.1) is 0 Å². The van der Waals surface area contributed by atoms with Crippen molar-refractivity contribution < 1.29 is 4.79 Å². The Labute approximate surface area is 153 Å². The Hall–Kier alpha value is -2.86. The molecule has 1 aromatic heterocycles. The number of para-hydroxylation sites is 3. The van der Waals surface area contributed by atoms with Crippen LogP contribution in [0.4, 0.5) is 10.5 Å². The fraction of sp³-hybridized carbons (Fsp3) is 0.300. The molecule has 0 saturated heterocycles. The molecule has 136 valence electrons. The van der Waals surface area contributed by atoms with E-state index in [0.717, 1.165) is 35.6 Å². The van der Waals surface area contributed by atoms with Crippen LogP contribution in [-0.4, -0.2) is 47.7 Å². The maximum absolute atomic E-state index is 12.0. The number of carbonyl (C=O) groups excluding carboxylic acids is 1. The summed E-state index contributed by atoms with van der Waals surface area (Å²) in [5, 5.41) is 5.73. The summed E-state index contributed by atoms with van der Waals surface area (Å²) in [6, 6.07) is 17.4. The number of anilines is 1. The number of carbonyl (C=O) groups is 1. The summed E-state index contributed by atoms with van der Waals surface area (Å²) in [4.78, 5) is 18.9. The van der Waals surface area contributed by atoms with Gasteiger partial charge in [-0.05, 0) is 38.4 Å². The normalized spacial score (nSPS) is 11.0. The van der Waals surface area contributed by atoms with Crippen molar-refractivity contribution in [3.63, 3.8) is 0 Å². The number of aromatic nitrogens is 2.